The average Bonchev–Trinajstić information content (AvgIpc) is 2.75. The van der Waals surface area contributed by atoms with E-state index >= 15 is 0 Å². The molecule has 0 aliphatic heterocycles. The minimum Gasteiger partial charge on any atom is -0.480 e. The highest BCUT2D eigenvalue weighted by molar-refractivity contribution is 7.80. The summed E-state index contributed by atoms with van der Waals surface area (Å²) in [6.07, 6.45) is -0.310. The Bertz CT molecular complexity index is 735. The Morgan fingerprint density at radius 2 is 1.21 bits per heavy atom. The summed E-state index contributed by atoms with van der Waals surface area (Å²) in [5.74, 6) is -5.57. The molecule has 5 atom stereocenters. The van der Waals surface area contributed by atoms with Crippen LogP contribution in [0.1, 0.15) is 46.0 Å². The maximum atomic E-state index is 12.9. The molecule has 14 heteroatoms. The quantitative estimate of drug-likeness (QED) is 0.106. The van der Waals surface area contributed by atoms with Crippen molar-refractivity contribution >= 4 is 48.1 Å². The number of carbonyl (C=O) groups excluding carboxylic acids is 5. The van der Waals surface area contributed by atoms with Crippen molar-refractivity contribution in [2.75, 3.05) is 5.75 Å². The van der Waals surface area contributed by atoms with E-state index in [0.29, 0.717) is 6.42 Å². The average molecular weight is 491 g/mol. The number of nitrogens with one attached hydrogen (secondary N) is 3. The number of nitrogens with two attached hydrogens (primary N) is 3. The van der Waals surface area contributed by atoms with Gasteiger partial charge in [-0.25, -0.2) is 4.79 Å². The van der Waals surface area contributed by atoms with Crippen LogP contribution in [0, 0.1) is 5.92 Å². The van der Waals surface area contributed by atoms with Crippen LogP contribution in [-0.4, -0.2) is 70.5 Å². The van der Waals surface area contributed by atoms with Crippen LogP contribution in [0.25, 0.3) is 0 Å². The lowest BCUT2D eigenvalue weighted by atomic mass is 9.98. The topological polar surface area (TPSA) is 237 Å². The second-order valence-electron chi connectivity index (χ2n) is 7.63. The summed E-state index contributed by atoms with van der Waals surface area (Å²) < 4.78 is 0. The van der Waals surface area contributed by atoms with Crippen LogP contribution in [0.5, 0.6) is 0 Å². The molecule has 0 spiro atoms. The summed E-state index contributed by atoms with van der Waals surface area (Å²) >= 11 is 3.85. The number of carboxylic acids is 1. The normalized spacial score (nSPS) is 15.3. The zero-order chi connectivity index (χ0) is 25.7. The van der Waals surface area contributed by atoms with Crippen molar-refractivity contribution in [2.24, 2.45) is 23.1 Å². The molecule has 0 aromatic rings. The first-order chi connectivity index (χ1) is 15.3. The lowest BCUT2D eigenvalue weighted by molar-refractivity contribution is -0.141. The highest BCUT2D eigenvalue weighted by atomic mass is 32.1. The zero-order valence-electron chi connectivity index (χ0n) is 18.7. The zero-order valence-corrected chi connectivity index (χ0v) is 19.6. The van der Waals surface area contributed by atoms with E-state index in [4.69, 9.17) is 22.3 Å². The molecule has 0 bridgehead atoms. The summed E-state index contributed by atoms with van der Waals surface area (Å²) in [7, 11) is 0. The highest BCUT2D eigenvalue weighted by Crippen LogP contribution is 2.08. The molecule has 0 fully saturated rings. The van der Waals surface area contributed by atoms with E-state index in [1.54, 1.807) is 6.92 Å². The maximum Gasteiger partial charge on any atom is 0.327 e. The van der Waals surface area contributed by atoms with Crippen LogP contribution in [-0.2, 0) is 28.8 Å². The summed E-state index contributed by atoms with van der Waals surface area (Å²) in [6, 6.07) is -4.86. The molecule has 0 aliphatic carbocycles. The number of rotatable bonds is 16. The SMILES string of the molecule is CCC(C)C(N)C(=O)NC(CCC(N)=O)C(=O)NC(CCC(N)=O)C(=O)NC(CS)C(=O)O. The Balaban J connectivity index is 5.58. The number of hydrogen-bond donors (Lipinski definition) is 8. The Labute approximate surface area is 197 Å². The third-order valence-electron chi connectivity index (χ3n) is 4.98. The summed E-state index contributed by atoms with van der Waals surface area (Å²) in [6.45, 7) is 3.60. The standard InChI is InChI=1S/C19H34N6O7S/c1-3-9(2)15(22)18(30)24-11(5-7-14(21)27)16(28)23-10(4-6-13(20)26)17(29)25-12(8-33)19(31)32/h9-12,15,33H,3-8,22H2,1-2H3,(H2,20,26)(H2,21,27)(H,23,28)(H,24,30)(H,25,29)(H,31,32). The van der Waals surface area contributed by atoms with Gasteiger partial charge in [0.2, 0.25) is 29.5 Å². The van der Waals surface area contributed by atoms with Gasteiger partial charge in [-0.3, -0.25) is 24.0 Å². The number of hydrogen-bond acceptors (Lipinski definition) is 8. The van der Waals surface area contributed by atoms with Gasteiger partial charge in [0.25, 0.3) is 0 Å². The van der Waals surface area contributed by atoms with Crippen LogP contribution >= 0.6 is 12.6 Å². The molecule has 33 heavy (non-hydrogen) atoms. The van der Waals surface area contributed by atoms with Crippen LogP contribution in [0.15, 0.2) is 0 Å². The first kappa shape index (κ1) is 30.1. The third-order valence-corrected chi connectivity index (χ3v) is 5.35. The molecule has 0 radical (unpaired) electrons. The molecule has 10 N–H and O–H groups in total. The van der Waals surface area contributed by atoms with Gasteiger partial charge in [0.05, 0.1) is 6.04 Å². The van der Waals surface area contributed by atoms with Crippen LogP contribution in [0.4, 0.5) is 0 Å². The molecule has 0 saturated carbocycles. The van der Waals surface area contributed by atoms with Crippen molar-refractivity contribution in [2.45, 2.75) is 70.1 Å². The number of primary amides is 2. The van der Waals surface area contributed by atoms with Gasteiger partial charge in [0.15, 0.2) is 0 Å². The van der Waals surface area contributed by atoms with E-state index in [1.165, 1.54) is 0 Å². The first-order valence-corrected chi connectivity index (χ1v) is 11.0. The van der Waals surface area contributed by atoms with Gasteiger partial charge in [-0.15, -0.1) is 0 Å². The van der Waals surface area contributed by atoms with Crippen LogP contribution in [0.3, 0.4) is 0 Å². The summed E-state index contributed by atoms with van der Waals surface area (Å²) in [5, 5.41) is 16.1. The van der Waals surface area contributed by atoms with E-state index < -0.39 is 59.7 Å². The van der Waals surface area contributed by atoms with E-state index in [0.717, 1.165) is 0 Å². The lowest BCUT2D eigenvalue weighted by Gasteiger charge is -2.25. The number of carboxylic acid groups (broad SMARTS) is 1. The molecule has 188 valence electrons. The predicted molar refractivity (Wildman–Crippen MR) is 122 cm³/mol. The van der Waals surface area contributed by atoms with Gasteiger partial charge in [-0.1, -0.05) is 20.3 Å². The second kappa shape index (κ2) is 15.1. The van der Waals surface area contributed by atoms with E-state index in [-0.39, 0.29) is 37.4 Å². The molecule has 5 unspecified atom stereocenters. The molecule has 0 heterocycles. The van der Waals surface area contributed by atoms with E-state index in [2.05, 4.69) is 28.6 Å². The Hall–Kier alpha value is -2.87. The fraction of sp³-hybridized carbons (Fsp3) is 0.684. The molecule has 0 saturated heterocycles. The number of carbonyl (C=O) groups is 6. The van der Waals surface area contributed by atoms with Crippen molar-refractivity contribution in [3.05, 3.63) is 0 Å². The molecular weight excluding hydrogens is 456 g/mol. The Morgan fingerprint density at radius 1 is 0.818 bits per heavy atom. The van der Waals surface area contributed by atoms with Crippen LogP contribution in [0.2, 0.25) is 0 Å². The fourth-order valence-electron chi connectivity index (χ4n) is 2.62. The third kappa shape index (κ3) is 11.5. The van der Waals surface area contributed by atoms with Gasteiger partial charge in [0, 0.05) is 18.6 Å². The molecule has 0 aromatic heterocycles. The Morgan fingerprint density at radius 3 is 1.55 bits per heavy atom. The number of aliphatic carboxylic acids is 1. The molecular formula is C19H34N6O7S. The Kier molecular flexibility index (Phi) is 13.7. The van der Waals surface area contributed by atoms with Crippen molar-refractivity contribution in [1.29, 1.82) is 0 Å². The van der Waals surface area contributed by atoms with E-state index in [1.807, 2.05) is 6.92 Å². The summed E-state index contributed by atoms with van der Waals surface area (Å²) in [5.41, 5.74) is 16.2. The largest absolute Gasteiger partial charge is 0.480 e. The monoisotopic (exact) mass is 490 g/mol. The van der Waals surface area contributed by atoms with Crippen molar-refractivity contribution in [3.63, 3.8) is 0 Å². The number of amides is 5. The minimum atomic E-state index is -1.34. The molecule has 5 amide bonds. The fourth-order valence-corrected chi connectivity index (χ4v) is 2.87. The smallest absolute Gasteiger partial charge is 0.327 e. The van der Waals surface area contributed by atoms with Crippen molar-refractivity contribution in [1.82, 2.24) is 16.0 Å². The molecule has 13 nitrogen and oxygen atoms in total. The van der Waals surface area contributed by atoms with Gasteiger partial charge in [-0.2, -0.15) is 12.6 Å². The van der Waals surface area contributed by atoms with Gasteiger partial charge >= 0.3 is 5.97 Å². The minimum absolute atomic E-state index is 0.168. The van der Waals surface area contributed by atoms with Gasteiger partial charge in [-0.05, 0) is 18.8 Å². The van der Waals surface area contributed by atoms with Crippen LogP contribution < -0.4 is 33.2 Å². The number of thiol groups is 1. The lowest BCUT2D eigenvalue weighted by Crippen LogP contribution is -2.58. The first-order valence-electron chi connectivity index (χ1n) is 10.4. The van der Waals surface area contributed by atoms with Gasteiger partial charge < -0.3 is 38.3 Å². The molecule has 0 aliphatic rings. The van der Waals surface area contributed by atoms with Crippen molar-refractivity contribution < 1.29 is 33.9 Å². The summed E-state index contributed by atoms with van der Waals surface area (Å²) in [4.78, 5) is 71.4. The van der Waals surface area contributed by atoms with Gasteiger partial charge in [0.1, 0.15) is 18.1 Å². The molecule has 0 rings (SSSR count). The second-order valence-corrected chi connectivity index (χ2v) is 7.99. The maximum absolute atomic E-state index is 12.9. The molecule has 0 aromatic carbocycles. The predicted octanol–water partition coefficient (Wildman–Crippen LogP) is -2.64. The van der Waals surface area contributed by atoms with E-state index in [9.17, 15) is 28.8 Å². The highest BCUT2D eigenvalue weighted by Gasteiger charge is 2.31. The van der Waals surface area contributed by atoms with Crippen molar-refractivity contribution in [3.8, 4) is 0 Å².